The van der Waals surface area contributed by atoms with Gasteiger partial charge in [0.15, 0.2) is 10.9 Å². The quantitative estimate of drug-likeness (QED) is 0.614. The van der Waals surface area contributed by atoms with Crippen molar-refractivity contribution in [3.63, 3.8) is 0 Å². The molecule has 0 aromatic heterocycles. The fourth-order valence-electron chi connectivity index (χ4n) is 1.46. The van der Waals surface area contributed by atoms with E-state index in [0.29, 0.717) is 12.8 Å². The summed E-state index contributed by atoms with van der Waals surface area (Å²) in [6, 6.07) is -0.567. The number of Topliss-reactive ketones (excluding diaryl/α,β-unsaturated/α-hetero) is 1. The van der Waals surface area contributed by atoms with Crippen molar-refractivity contribution >= 4 is 27.7 Å². The Labute approximate surface area is 124 Å². The van der Waals surface area contributed by atoms with Gasteiger partial charge in [-0.15, -0.1) is 0 Å². The zero-order valence-electron chi connectivity index (χ0n) is 13.4. The first-order valence-corrected chi connectivity index (χ1v) is 9.01. The fourth-order valence-corrected chi connectivity index (χ4v) is 2.04. The molecule has 0 saturated heterocycles. The standard InChI is InChI=1S/C14H28N2O3S/c1-10(17)11(7-8-13(19)20(5)6)16-12(18)9-15-14(2,3)4/h11,15,20H,7-9H2,1-6H3,(H,16,18). The molecule has 20 heavy (non-hydrogen) atoms. The van der Waals surface area contributed by atoms with Crippen molar-refractivity contribution in [2.24, 2.45) is 0 Å². The zero-order valence-corrected chi connectivity index (χ0v) is 14.3. The van der Waals surface area contributed by atoms with Crippen LogP contribution in [0.2, 0.25) is 0 Å². The molecule has 6 heteroatoms. The summed E-state index contributed by atoms with van der Waals surface area (Å²) in [4.78, 5) is 34.9. The molecule has 1 amide bonds. The molecule has 1 unspecified atom stereocenters. The molecule has 0 aliphatic carbocycles. The van der Waals surface area contributed by atoms with Crippen LogP contribution in [0.1, 0.15) is 40.5 Å². The van der Waals surface area contributed by atoms with Gasteiger partial charge < -0.3 is 10.6 Å². The summed E-state index contributed by atoms with van der Waals surface area (Å²) in [5.41, 5.74) is -0.153. The summed E-state index contributed by atoms with van der Waals surface area (Å²) < 4.78 is 0. The van der Waals surface area contributed by atoms with E-state index >= 15 is 0 Å². The maximum Gasteiger partial charge on any atom is 0.234 e. The fraction of sp³-hybridized carbons (Fsp3) is 0.786. The molecular formula is C14H28N2O3S. The molecule has 2 N–H and O–H groups in total. The van der Waals surface area contributed by atoms with Gasteiger partial charge in [0, 0.05) is 12.0 Å². The second-order valence-electron chi connectivity index (χ2n) is 6.16. The van der Waals surface area contributed by atoms with Crippen LogP contribution in [0.25, 0.3) is 0 Å². The summed E-state index contributed by atoms with van der Waals surface area (Å²) in [6.45, 7) is 7.49. The lowest BCUT2D eigenvalue weighted by Gasteiger charge is -2.22. The molecule has 0 rings (SSSR count). The second-order valence-corrected chi connectivity index (χ2v) is 8.45. The smallest absolute Gasteiger partial charge is 0.234 e. The van der Waals surface area contributed by atoms with Gasteiger partial charge in [-0.1, -0.05) is 0 Å². The third kappa shape index (κ3) is 9.09. The molecule has 0 fully saturated rings. The van der Waals surface area contributed by atoms with Crippen molar-refractivity contribution in [3.05, 3.63) is 0 Å². The van der Waals surface area contributed by atoms with E-state index in [0.717, 1.165) is 0 Å². The summed E-state index contributed by atoms with van der Waals surface area (Å²) in [5, 5.41) is 5.92. The van der Waals surface area contributed by atoms with E-state index in [-0.39, 0.29) is 28.9 Å². The van der Waals surface area contributed by atoms with Crippen LogP contribution in [0.15, 0.2) is 0 Å². The van der Waals surface area contributed by atoms with Gasteiger partial charge in [0.25, 0.3) is 0 Å². The Morgan fingerprint density at radius 1 is 1.15 bits per heavy atom. The highest BCUT2D eigenvalue weighted by Gasteiger charge is 2.19. The van der Waals surface area contributed by atoms with Crippen LogP contribution in [0, 0.1) is 0 Å². The number of carbonyl (C=O) groups excluding carboxylic acids is 3. The topological polar surface area (TPSA) is 75.3 Å². The van der Waals surface area contributed by atoms with E-state index in [4.69, 9.17) is 0 Å². The van der Waals surface area contributed by atoms with Crippen LogP contribution < -0.4 is 10.6 Å². The van der Waals surface area contributed by atoms with Gasteiger partial charge in [-0.2, -0.15) is 0 Å². The Hall–Kier alpha value is -0.880. The van der Waals surface area contributed by atoms with Gasteiger partial charge in [-0.3, -0.25) is 14.4 Å². The molecule has 0 heterocycles. The Bertz CT molecular complexity index is 362. The maximum atomic E-state index is 11.8. The van der Waals surface area contributed by atoms with Crippen molar-refractivity contribution in [2.45, 2.75) is 52.1 Å². The van der Waals surface area contributed by atoms with Gasteiger partial charge in [0.2, 0.25) is 5.91 Å². The first-order valence-electron chi connectivity index (χ1n) is 6.78. The van der Waals surface area contributed by atoms with Crippen molar-refractivity contribution in [2.75, 3.05) is 19.1 Å². The minimum Gasteiger partial charge on any atom is -0.345 e. The summed E-state index contributed by atoms with van der Waals surface area (Å²) in [6.07, 6.45) is 4.52. The van der Waals surface area contributed by atoms with Crippen LogP contribution in [-0.2, 0) is 14.4 Å². The first kappa shape index (κ1) is 19.1. The number of carbonyl (C=O) groups is 3. The van der Waals surface area contributed by atoms with Crippen LogP contribution in [0.3, 0.4) is 0 Å². The largest absolute Gasteiger partial charge is 0.345 e. The van der Waals surface area contributed by atoms with Gasteiger partial charge in [-0.05, 0) is 46.6 Å². The van der Waals surface area contributed by atoms with Crippen molar-refractivity contribution in [1.29, 1.82) is 0 Å². The number of rotatable bonds is 7. The predicted octanol–water partition coefficient (Wildman–Crippen LogP) is 1.02. The zero-order chi connectivity index (χ0) is 15.9. The molecule has 0 aliphatic rings. The summed E-state index contributed by atoms with van der Waals surface area (Å²) in [7, 11) is -0.629. The molecule has 0 radical (unpaired) electrons. The molecular weight excluding hydrogens is 276 g/mol. The third-order valence-corrected chi connectivity index (χ3v) is 3.97. The molecule has 0 spiro atoms. The highest BCUT2D eigenvalue weighted by Crippen LogP contribution is 2.18. The lowest BCUT2D eigenvalue weighted by Crippen LogP contribution is -2.47. The molecule has 0 aromatic carbocycles. The van der Waals surface area contributed by atoms with Crippen molar-refractivity contribution in [3.8, 4) is 0 Å². The van der Waals surface area contributed by atoms with E-state index < -0.39 is 16.9 Å². The van der Waals surface area contributed by atoms with Crippen LogP contribution in [0.4, 0.5) is 0 Å². The summed E-state index contributed by atoms with van der Waals surface area (Å²) >= 11 is 0. The number of nitrogens with one attached hydrogen (secondary N) is 2. The average molecular weight is 304 g/mol. The predicted molar refractivity (Wildman–Crippen MR) is 85.4 cm³/mol. The maximum absolute atomic E-state index is 11.8. The third-order valence-electron chi connectivity index (χ3n) is 2.75. The SMILES string of the molecule is CC(=O)C(CCC(=O)[SH](C)C)NC(=O)CNC(C)(C)C. The molecule has 5 nitrogen and oxygen atoms in total. The van der Waals surface area contributed by atoms with Crippen molar-refractivity contribution in [1.82, 2.24) is 10.6 Å². The van der Waals surface area contributed by atoms with Crippen molar-refractivity contribution < 1.29 is 14.4 Å². The first-order chi connectivity index (χ1) is 9.03. The summed E-state index contributed by atoms with van der Waals surface area (Å²) in [5.74, 6) is -0.332. The highest BCUT2D eigenvalue weighted by atomic mass is 32.2. The molecule has 118 valence electrons. The van der Waals surface area contributed by atoms with E-state index in [1.54, 1.807) is 0 Å². The Morgan fingerprint density at radius 3 is 2.10 bits per heavy atom. The monoisotopic (exact) mass is 304 g/mol. The number of thiol groups is 1. The number of amides is 1. The van der Waals surface area contributed by atoms with Gasteiger partial charge in [0.1, 0.15) is 0 Å². The van der Waals surface area contributed by atoms with E-state index in [9.17, 15) is 14.4 Å². The lowest BCUT2D eigenvalue weighted by molar-refractivity contribution is -0.126. The average Bonchev–Trinajstić information content (AvgIpc) is 2.29. The lowest BCUT2D eigenvalue weighted by atomic mass is 10.1. The Balaban J connectivity index is 4.31. The second kappa shape index (κ2) is 8.42. The Kier molecular flexibility index (Phi) is 8.05. The van der Waals surface area contributed by atoms with E-state index in [1.165, 1.54) is 6.92 Å². The van der Waals surface area contributed by atoms with E-state index in [1.807, 2.05) is 33.3 Å². The van der Waals surface area contributed by atoms with Crippen LogP contribution in [0.5, 0.6) is 0 Å². The molecule has 0 saturated carbocycles. The highest BCUT2D eigenvalue weighted by molar-refractivity contribution is 8.28. The normalized spacial score (nSPS) is 13.6. The molecule has 0 bridgehead atoms. The Morgan fingerprint density at radius 2 is 1.70 bits per heavy atom. The molecule has 1 atom stereocenters. The molecule has 0 aromatic rings. The van der Waals surface area contributed by atoms with E-state index in [2.05, 4.69) is 10.6 Å². The number of hydrogen-bond donors (Lipinski definition) is 3. The van der Waals surface area contributed by atoms with Crippen LogP contribution >= 0.6 is 10.9 Å². The molecule has 0 aliphatic heterocycles. The number of ketones is 1. The van der Waals surface area contributed by atoms with Gasteiger partial charge in [-0.25, -0.2) is 10.9 Å². The van der Waals surface area contributed by atoms with Gasteiger partial charge >= 0.3 is 0 Å². The van der Waals surface area contributed by atoms with Crippen LogP contribution in [-0.4, -0.2) is 47.4 Å². The van der Waals surface area contributed by atoms with Gasteiger partial charge in [0.05, 0.1) is 12.6 Å². The minimum absolute atomic E-state index is 0.113. The minimum atomic E-state index is -0.629. The number of hydrogen-bond acceptors (Lipinski definition) is 4.